The molecule has 4 heteroatoms. The normalized spacial score (nSPS) is 16.7. The monoisotopic (exact) mass is 328 g/mol. The maximum absolute atomic E-state index is 12.9. The molecule has 0 bridgehead atoms. The van der Waals surface area contributed by atoms with Gasteiger partial charge in [-0.1, -0.05) is 18.2 Å². The summed E-state index contributed by atoms with van der Waals surface area (Å²) in [7, 11) is 0. The summed E-state index contributed by atoms with van der Waals surface area (Å²) in [6.45, 7) is 7.87. The fourth-order valence-corrected chi connectivity index (χ4v) is 2.89. The van der Waals surface area contributed by atoms with Crippen molar-refractivity contribution in [3.63, 3.8) is 0 Å². The van der Waals surface area contributed by atoms with E-state index in [2.05, 4.69) is 43.5 Å². The van der Waals surface area contributed by atoms with Gasteiger partial charge in [0.15, 0.2) is 0 Å². The van der Waals surface area contributed by atoms with Crippen LogP contribution in [0.2, 0.25) is 0 Å². The molecular weight excluding hydrogens is 303 g/mol. The van der Waals surface area contributed by atoms with Gasteiger partial charge >= 0.3 is 0 Å². The van der Waals surface area contributed by atoms with E-state index in [0.29, 0.717) is 6.04 Å². The molecule has 1 heterocycles. The average Bonchev–Trinajstić information content (AvgIpc) is 2.54. The van der Waals surface area contributed by atoms with E-state index in [4.69, 9.17) is 4.74 Å². The Labute approximate surface area is 143 Å². The molecule has 0 aromatic heterocycles. The molecule has 0 spiro atoms. The highest BCUT2D eigenvalue weighted by molar-refractivity contribution is 5.60. The zero-order valence-corrected chi connectivity index (χ0v) is 14.5. The lowest BCUT2D eigenvalue weighted by Gasteiger charge is -2.33. The molecule has 2 aromatic rings. The summed E-state index contributed by atoms with van der Waals surface area (Å²) in [6, 6.07) is 13.3. The van der Waals surface area contributed by atoms with E-state index in [0.717, 1.165) is 36.5 Å². The number of anilines is 1. The minimum atomic E-state index is -0.196. The van der Waals surface area contributed by atoms with Gasteiger partial charge < -0.3 is 15.4 Å². The quantitative estimate of drug-likeness (QED) is 0.866. The Hall–Kier alpha value is -2.07. The van der Waals surface area contributed by atoms with Gasteiger partial charge in [0.2, 0.25) is 0 Å². The van der Waals surface area contributed by atoms with Crippen LogP contribution in [0.5, 0.6) is 5.75 Å². The Morgan fingerprint density at radius 3 is 2.62 bits per heavy atom. The van der Waals surface area contributed by atoms with Crippen LogP contribution in [0.3, 0.4) is 0 Å². The Morgan fingerprint density at radius 1 is 1.17 bits per heavy atom. The largest absolute Gasteiger partial charge is 0.484 e. The van der Waals surface area contributed by atoms with E-state index in [-0.39, 0.29) is 11.4 Å². The SMILES string of the molecule is CC(Cc1ccc2c(c1)NCC(C)(C)O2)NCc1ccc(F)cc1. The molecule has 2 aromatic carbocycles. The zero-order valence-electron chi connectivity index (χ0n) is 14.5. The van der Waals surface area contributed by atoms with Gasteiger partial charge in [-0.2, -0.15) is 0 Å². The van der Waals surface area contributed by atoms with Crippen LogP contribution in [-0.4, -0.2) is 18.2 Å². The number of fused-ring (bicyclic) bond motifs is 1. The molecule has 0 radical (unpaired) electrons. The molecule has 0 aliphatic carbocycles. The lowest BCUT2D eigenvalue weighted by molar-refractivity contribution is 0.116. The van der Waals surface area contributed by atoms with Crippen molar-refractivity contribution in [1.29, 1.82) is 0 Å². The van der Waals surface area contributed by atoms with Gasteiger partial charge in [0.1, 0.15) is 17.2 Å². The fraction of sp³-hybridized carbons (Fsp3) is 0.400. The second kappa shape index (κ2) is 6.81. The third-order valence-electron chi connectivity index (χ3n) is 4.24. The number of nitrogens with one attached hydrogen (secondary N) is 2. The van der Waals surface area contributed by atoms with Crippen molar-refractivity contribution in [3.05, 3.63) is 59.4 Å². The topological polar surface area (TPSA) is 33.3 Å². The van der Waals surface area contributed by atoms with E-state index in [1.807, 2.05) is 18.2 Å². The van der Waals surface area contributed by atoms with E-state index < -0.39 is 0 Å². The first-order valence-electron chi connectivity index (χ1n) is 8.45. The molecule has 1 unspecified atom stereocenters. The summed E-state index contributed by atoms with van der Waals surface area (Å²) < 4.78 is 18.9. The molecule has 3 nitrogen and oxygen atoms in total. The second-order valence-corrected chi connectivity index (χ2v) is 7.16. The third-order valence-corrected chi connectivity index (χ3v) is 4.24. The van der Waals surface area contributed by atoms with Gasteiger partial charge in [-0.25, -0.2) is 4.39 Å². The van der Waals surface area contributed by atoms with Crippen LogP contribution in [0.1, 0.15) is 31.9 Å². The van der Waals surface area contributed by atoms with Crippen LogP contribution in [-0.2, 0) is 13.0 Å². The van der Waals surface area contributed by atoms with E-state index >= 15 is 0 Å². The first-order chi connectivity index (χ1) is 11.4. The van der Waals surface area contributed by atoms with E-state index in [1.165, 1.54) is 17.7 Å². The van der Waals surface area contributed by atoms with Gasteiger partial charge in [0.25, 0.3) is 0 Å². The molecule has 24 heavy (non-hydrogen) atoms. The molecule has 0 saturated heterocycles. The summed E-state index contributed by atoms with van der Waals surface area (Å²) in [6.07, 6.45) is 0.930. The van der Waals surface area contributed by atoms with Gasteiger partial charge in [0, 0.05) is 12.6 Å². The smallest absolute Gasteiger partial charge is 0.143 e. The number of ether oxygens (including phenoxy) is 1. The van der Waals surface area contributed by atoms with Crippen LogP contribution in [0.25, 0.3) is 0 Å². The molecule has 1 aliphatic heterocycles. The lowest BCUT2D eigenvalue weighted by Crippen LogP contribution is -2.40. The number of hydrogen-bond acceptors (Lipinski definition) is 3. The first kappa shape index (κ1) is 16.8. The average molecular weight is 328 g/mol. The minimum absolute atomic E-state index is 0.168. The highest BCUT2D eigenvalue weighted by Crippen LogP contribution is 2.33. The molecule has 0 saturated carbocycles. The molecule has 128 valence electrons. The molecule has 0 amide bonds. The molecular formula is C20H25FN2O. The van der Waals surface area contributed by atoms with Crippen molar-refractivity contribution in [2.45, 2.75) is 45.4 Å². The van der Waals surface area contributed by atoms with Crippen LogP contribution in [0, 0.1) is 5.82 Å². The minimum Gasteiger partial charge on any atom is -0.484 e. The maximum atomic E-state index is 12.9. The van der Waals surface area contributed by atoms with Gasteiger partial charge in [-0.05, 0) is 62.6 Å². The van der Waals surface area contributed by atoms with E-state index in [9.17, 15) is 4.39 Å². The second-order valence-electron chi connectivity index (χ2n) is 7.16. The highest BCUT2D eigenvalue weighted by atomic mass is 19.1. The van der Waals surface area contributed by atoms with Crippen LogP contribution in [0.4, 0.5) is 10.1 Å². The molecule has 2 N–H and O–H groups in total. The van der Waals surface area contributed by atoms with Crippen molar-refractivity contribution in [1.82, 2.24) is 5.32 Å². The first-order valence-corrected chi connectivity index (χ1v) is 8.45. The lowest BCUT2D eigenvalue weighted by atomic mass is 10.0. The van der Waals surface area contributed by atoms with Gasteiger partial charge in [-0.3, -0.25) is 0 Å². The molecule has 3 rings (SSSR count). The summed E-state index contributed by atoms with van der Waals surface area (Å²) in [4.78, 5) is 0. The summed E-state index contributed by atoms with van der Waals surface area (Å²) in [5.41, 5.74) is 3.26. The number of halogens is 1. The van der Waals surface area contributed by atoms with Crippen molar-refractivity contribution in [2.24, 2.45) is 0 Å². The Bertz CT molecular complexity index is 697. The summed E-state index contributed by atoms with van der Waals surface area (Å²) in [5.74, 6) is 0.723. The highest BCUT2D eigenvalue weighted by Gasteiger charge is 2.26. The van der Waals surface area contributed by atoms with Crippen molar-refractivity contribution in [2.75, 3.05) is 11.9 Å². The predicted molar refractivity (Wildman–Crippen MR) is 96.0 cm³/mol. The molecule has 1 atom stereocenters. The van der Waals surface area contributed by atoms with Crippen molar-refractivity contribution >= 4 is 5.69 Å². The van der Waals surface area contributed by atoms with Crippen LogP contribution in [0.15, 0.2) is 42.5 Å². The Kier molecular flexibility index (Phi) is 4.76. The van der Waals surface area contributed by atoms with Crippen LogP contribution >= 0.6 is 0 Å². The third kappa shape index (κ3) is 4.26. The number of rotatable bonds is 5. The molecule has 0 fully saturated rings. The standard InChI is InChI=1S/C20H25FN2O/c1-14(22-12-15-4-7-17(21)8-5-15)10-16-6-9-19-18(11-16)23-13-20(2,3)24-19/h4-9,11,14,22-23H,10,12-13H2,1-3H3. The van der Waals surface area contributed by atoms with Gasteiger partial charge in [-0.15, -0.1) is 0 Å². The van der Waals surface area contributed by atoms with Gasteiger partial charge in [0.05, 0.1) is 12.2 Å². The zero-order chi connectivity index (χ0) is 17.2. The van der Waals surface area contributed by atoms with Crippen molar-refractivity contribution < 1.29 is 9.13 Å². The Balaban J connectivity index is 1.57. The van der Waals surface area contributed by atoms with Crippen molar-refractivity contribution in [3.8, 4) is 5.75 Å². The maximum Gasteiger partial charge on any atom is 0.143 e. The molecule has 1 aliphatic rings. The Morgan fingerprint density at radius 2 is 1.88 bits per heavy atom. The fourth-order valence-electron chi connectivity index (χ4n) is 2.89. The number of benzene rings is 2. The summed E-state index contributed by atoms with van der Waals surface area (Å²) >= 11 is 0. The predicted octanol–water partition coefficient (Wildman–Crippen LogP) is 4.13. The summed E-state index contributed by atoms with van der Waals surface area (Å²) in [5, 5.41) is 6.93. The van der Waals surface area contributed by atoms with E-state index in [1.54, 1.807) is 0 Å². The van der Waals surface area contributed by atoms with Crippen LogP contribution < -0.4 is 15.4 Å². The number of hydrogen-bond donors (Lipinski definition) is 2.